The summed E-state index contributed by atoms with van der Waals surface area (Å²) in [6.07, 6.45) is 5.15. The van der Waals surface area contributed by atoms with Gasteiger partial charge in [0.2, 0.25) is 11.8 Å². The van der Waals surface area contributed by atoms with E-state index in [1.54, 1.807) is 35.0 Å². The molecule has 2 fully saturated rings. The zero-order chi connectivity index (χ0) is 33.1. The van der Waals surface area contributed by atoms with Crippen LogP contribution in [0.15, 0.2) is 41.3 Å². The molecule has 0 spiro atoms. The number of aromatic nitrogens is 5. The number of hydrogen-bond donors (Lipinski definition) is 2. The van der Waals surface area contributed by atoms with E-state index in [9.17, 15) is 23.1 Å². The van der Waals surface area contributed by atoms with Gasteiger partial charge in [-0.05, 0) is 103 Å². The molecule has 14 heteroatoms. The second kappa shape index (κ2) is 11.8. The molecule has 1 aromatic carbocycles. The number of carbonyl (C=O) groups is 2. The normalized spacial score (nSPS) is 21.3. The van der Waals surface area contributed by atoms with Gasteiger partial charge < -0.3 is 15.3 Å². The Kier molecular flexibility index (Phi) is 8.26. The van der Waals surface area contributed by atoms with Gasteiger partial charge >= 0.3 is 0 Å². The summed E-state index contributed by atoms with van der Waals surface area (Å²) in [7, 11) is -3.23. The Hall–Kier alpha value is -3.75. The van der Waals surface area contributed by atoms with Crippen molar-refractivity contribution < 1.29 is 23.1 Å². The van der Waals surface area contributed by atoms with Crippen molar-refractivity contribution in [3.05, 3.63) is 63.9 Å². The van der Waals surface area contributed by atoms with Crippen LogP contribution in [0.25, 0.3) is 22.0 Å². The Labute approximate surface area is 275 Å². The van der Waals surface area contributed by atoms with E-state index in [2.05, 4.69) is 41.3 Å². The number of carbonyl (C=O) groups excluding carboxylic acids is 2. The molecule has 2 aliphatic rings. The quantitative estimate of drug-likeness (QED) is 0.244. The molecule has 46 heavy (non-hydrogen) atoms. The van der Waals surface area contributed by atoms with Gasteiger partial charge in [-0.3, -0.25) is 14.3 Å². The van der Waals surface area contributed by atoms with Gasteiger partial charge in [-0.15, -0.1) is 0 Å². The van der Waals surface area contributed by atoms with Crippen LogP contribution in [0.4, 0.5) is 5.82 Å². The van der Waals surface area contributed by atoms with Gasteiger partial charge in [0.05, 0.1) is 23.1 Å². The number of aryl methyl sites for hydroxylation is 3. The van der Waals surface area contributed by atoms with Crippen molar-refractivity contribution in [3.63, 3.8) is 0 Å². The van der Waals surface area contributed by atoms with Crippen LogP contribution in [0, 0.1) is 26.2 Å². The van der Waals surface area contributed by atoms with Crippen molar-refractivity contribution in [3.8, 4) is 11.1 Å². The summed E-state index contributed by atoms with van der Waals surface area (Å²) in [5.74, 6) is 0.360. The lowest BCUT2D eigenvalue weighted by Crippen LogP contribution is -2.47. The van der Waals surface area contributed by atoms with Crippen LogP contribution >= 0.6 is 15.9 Å². The highest BCUT2D eigenvalue weighted by molar-refractivity contribution is 9.10. The van der Waals surface area contributed by atoms with E-state index < -0.39 is 27.4 Å². The number of nitrogens with one attached hydrogen (secondary N) is 1. The highest BCUT2D eigenvalue weighted by Gasteiger charge is 2.66. The maximum absolute atomic E-state index is 14.2. The molecule has 6 rings (SSSR count). The minimum atomic E-state index is -3.23. The third-order valence-corrected chi connectivity index (χ3v) is 10.5. The van der Waals surface area contributed by atoms with E-state index in [0.29, 0.717) is 52.1 Å². The fourth-order valence-corrected chi connectivity index (χ4v) is 7.78. The van der Waals surface area contributed by atoms with E-state index in [1.165, 1.54) is 6.26 Å². The highest BCUT2D eigenvalue weighted by atomic mass is 79.9. The average molecular weight is 711 g/mol. The zero-order valence-electron chi connectivity index (χ0n) is 26.3. The summed E-state index contributed by atoms with van der Waals surface area (Å²) in [4.78, 5) is 42.6. The van der Waals surface area contributed by atoms with E-state index in [-0.39, 0.29) is 30.2 Å². The Morgan fingerprint density at radius 2 is 1.83 bits per heavy atom. The first kappa shape index (κ1) is 32.2. The molecule has 1 aliphatic heterocycles. The van der Waals surface area contributed by atoms with E-state index in [0.717, 1.165) is 22.3 Å². The summed E-state index contributed by atoms with van der Waals surface area (Å²) < 4.78 is 26.3. The molecule has 2 amide bonds. The maximum atomic E-state index is 14.2. The predicted molar refractivity (Wildman–Crippen MR) is 177 cm³/mol. The third kappa shape index (κ3) is 6.17. The lowest BCUT2D eigenvalue weighted by molar-refractivity contribution is -0.138. The van der Waals surface area contributed by atoms with Crippen LogP contribution in [-0.2, 0) is 26.0 Å². The number of aliphatic hydroxyl groups excluding tert-OH is 1. The number of nitrogens with zero attached hydrogens (tertiary/aromatic N) is 6. The van der Waals surface area contributed by atoms with E-state index in [4.69, 9.17) is 0 Å². The molecule has 1 saturated heterocycles. The number of hydrogen-bond acceptors (Lipinski definition) is 9. The molecule has 4 aromatic rings. The number of likely N-dealkylation sites (tertiary alicyclic amines) is 1. The van der Waals surface area contributed by atoms with Crippen molar-refractivity contribution in [1.29, 1.82) is 0 Å². The minimum Gasteiger partial charge on any atom is -0.387 e. The summed E-state index contributed by atoms with van der Waals surface area (Å²) in [5, 5.41) is 19.0. The fourth-order valence-electron chi connectivity index (χ4n) is 6.69. The molecule has 2 N–H and O–H groups in total. The van der Waals surface area contributed by atoms with Crippen molar-refractivity contribution >= 4 is 54.3 Å². The number of aliphatic hydroxyl groups is 1. The van der Waals surface area contributed by atoms with Gasteiger partial charge in [0.15, 0.2) is 0 Å². The first-order chi connectivity index (χ1) is 21.7. The summed E-state index contributed by atoms with van der Waals surface area (Å²) in [5.41, 5.74) is 3.98. The zero-order valence-corrected chi connectivity index (χ0v) is 28.7. The van der Waals surface area contributed by atoms with Gasteiger partial charge in [-0.25, -0.2) is 23.4 Å². The number of piperidine rings is 1. The molecule has 4 heterocycles. The second-order valence-corrected chi connectivity index (χ2v) is 15.8. The monoisotopic (exact) mass is 709 g/mol. The Morgan fingerprint density at radius 1 is 1.11 bits per heavy atom. The van der Waals surface area contributed by atoms with E-state index in [1.807, 2.05) is 39.0 Å². The molecule has 1 aliphatic carbocycles. The Morgan fingerprint density at radius 3 is 2.50 bits per heavy atom. The van der Waals surface area contributed by atoms with Crippen LogP contribution in [0.3, 0.4) is 0 Å². The number of benzene rings is 1. The molecule has 1 saturated carbocycles. The number of anilines is 1. The topological polar surface area (TPSA) is 160 Å². The summed E-state index contributed by atoms with van der Waals surface area (Å²) >= 11 is 3.35. The van der Waals surface area contributed by atoms with Gasteiger partial charge in [-0.2, -0.15) is 5.10 Å². The van der Waals surface area contributed by atoms with Crippen LogP contribution in [0.5, 0.6) is 0 Å². The van der Waals surface area contributed by atoms with Crippen molar-refractivity contribution in [2.24, 2.45) is 5.41 Å². The Bertz CT molecular complexity index is 1980. The average Bonchev–Trinajstić information content (AvgIpc) is 3.39. The van der Waals surface area contributed by atoms with Crippen molar-refractivity contribution in [2.75, 3.05) is 17.3 Å². The van der Waals surface area contributed by atoms with Crippen LogP contribution in [0.2, 0.25) is 0 Å². The molecule has 0 bridgehead atoms. The lowest BCUT2D eigenvalue weighted by atomic mass is 9.96. The molecule has 12 nitrogen and oxygen atoms in total. The summed E-state index contributed by atoms with van der Waals surface area (Å²) in [6, 6.07) is 6.43. The molecule has 2 unspecified atom stereocenters. The molecule has 0 radical (unpaired) electrons. The molecular weight excluding hydrogens is 674 g/mol. The SMILES string of the molecule is Cc1ncc(-c2cc(C)c3c(c2)c(C(C)O)nn3CC(=O)N2C3C[C@]3(CCS(C)(=O)=O)C[C@H]2C(=O)Nc2nc(Br)ccc2C)cn1. The number of rotatable bonds is 9. The Balaban J connectivity index is 1.33. The number of fused-ring (bicyclic) bond motifs is 2. The summed E-state index contributed by atoms with van der Waals surface area (Å²) in [6.45, 7) is 7.04. The first-order valence-electron chi connectivity index (χ1n) is 15.1. The largest absolute Gasteiger partial charge is 0.387 e. The van der Waals surface area contributed by atoms with Gasteiger partial charge in [0.1, 0.15) is 38.7 Å². The lowest BCUT2D eigenvalue weighted by Gasteiger charge is -2.27. The smallest absolute Gasteiger partial charge is 0.248 e. The molecule has 3 aromatic heterocycles. The second-order valence-electron chi connectivity index (χ2n) is 12.7. The van der Waals surface area contributed by atoms with Crippen LogP contribution in [-0.4, -0.2) is 79.1 Å². The number of sulfone groups is 1. The number of amides is 2. The van der Waals surface area contributed by atoms with Crippen molar-refractivity contribution in [2.45, 2.75) is 71.7 Å². The highest BCUT2D eigenvalue weighted by Crippen LogP contribution is 2.62. The minimum absolute atomic E-state index is 0.0126. The fraction of sp³-hybridized carbons (Fsp3) is 0.438. The number of pyridine rings is 1. The van der Waals surface area contributed by atoms with E-state index >= 15 is 0 Å². The standard InChI is InChI=1S/C32H36BrN7O5S/c1-17-6-7-26(33)36-30(17)37-31(43)24-12-32(8-9-46(5,44)45)13-25(32)40(24)27(42)16-39-29-18(2)10-21(22-14-34-20(4)35-15-22)11-23(29)28(38-39)19(3)41/h6-7,10-11,14-15,19,24-25,41H,8-9,12-13,16H2,1-5H3,(H,36,37,43)/t19?,24-,25?,32-/m0/s1. The number of halogens is 1. The molecular formula is C32H36BrN7O5S. The molecule has 242 valence electrons. The van der Waals surface area contributed by atoms with Crippen molar-refractivity contribution in [1.82, 2.24) is 29.6 Å². The van der Waals surface area contributed by atoms with Crippen LogP contribution < -0.4 is 5.32 Å². The van der Waals surface area contributed by atoms with Crippen LogP contribution in [0.1, 0.15) is 54.9 Å². The van der Waals surface area contributed by atoms with Gasteiger partial charge in [0.25, 0.3) is 0 Å². The predicted octanol–water partition coefficient (Wildman–Crippen LogP) is 4.06. The van der Waals surface area contributed by atoms with Gasteiger partial charge in [-0.1, -0.05) is 6.07 Å². The maximum Gasteiger partial charge on any atom is 0.248 e. The van der Waals surface area contributed by atoms with Gasteiger partial charge in [0, 0.05) is 35.6 Å². The first-order valence-corrected chi connectivity index (χ1v) is 17.9. The third-order valence-electron chi connectivity index (χ3n) is 9.14. The molecule has 4 atom stereocenters.